The number of aromatic nitrogens is 4. The third kappa shape index (κ3) is 6.51. The summed E-state index contributed by atoms with van der Waals surface area (Å²) in [5, 5.41) is 18.7. The molecule has 0 bridgehead atoms. The van der Waals surface area contributed by atoms with E-state index < -0.39 is 49.4 Å². The maximum Gasteiger partial charge on any atom is 0.323 e. The maximum absolute atomic E-state index is 16.4. The second kappa shape index (κ2) is 13.0. The highest BCUT2D eigenvalue weighted by Gasteiger charge is 2.58. The van der Waals surface area contributed by atoms with Crippen LogP contribution >= 0.6 is 6.64 Å². The molecule has 6 atom stereocenters. The molecule has 1 fully saturated rings. The average Bonchev–Trinajstić information content (AvgIpc) is 3.53. The summed E-state index contributed by atoms with van der Waals surface area (Å²) in [5.41, 5.74) is -2.07. The van der Waals surface area contributed by atoms with Crippen molar-refractivity contribution < 1.29 is 32.8 Å². The second-order valence-corrected chi connectivity index (χ2v) is 13.9. The Hall–Kier alpha value is -3.70. The number of aryl methyl sites for hydroxylation is 1. The van der Waals surface area contributed by atoms with Gasteiger partial charge in [-0.05, 0) is 51.0 Å². The number of halogens is 1. The molecule has 45 heavy (non-hydrogen) atoms. The molecule has 0 radical (unpaired) electrons. The van der Waals surface area contributed by atoms with E-state index in [0.29, 0.717) is 22.9 Å². The van der Waals surface area contributed by atoms with Crippen LogP contribution in [0.4, 0.5) is 10.2 Å². The Kier molecular flexibility index (Phi) is 9.41. The third-order valence-corrected chi connectivity index (χ3v) is 9.61. The number of fused-ring (bicyclic) bond motifs is 2. The smallest absolute Gasteiger partial charge is 0.323 e. The summed E-state index contributed by atoms with van der Waals surface area (Å²) in [6.45, 7) is 2.66. The molecule has 1 saturated heterocycles. The van der Waals surface area contributed by atoms with Crippen LogP contribution in [0, 0.1) is 19.3 Å². The van der Waals surface area contributed by atoms with Crippen LogP contribution in [0.15, 0.2) is 48.8 Å². The number of nitrogens with one attached hydrogen (secondary N) is 2. The van der Waals surface area contributed by atoms with Gasteiger partial charge in [0.1, 0.15) is 29.8 Å². The fourth-order valence-electron chi connectivity index (χ4n) is 4.97. The highest BCUT2D eigenvalue weighted by molar-refractivity contribution is 8.09. The lowest BCUT2D eigenvalue weighted by atomic mass is 9.97. The van der Waals surface area contributed by atoms with Gasteiger partial charge in [0, 0.05) is 12.4 Å². The first kappa shape index (κ1) is 32.7. The summed E-state index contributed by atoms with van der Waals surface area (Å²) in [6.07, 6.45) is 1.96. The van der Waals surface area contributed by atoms with Crippen molar-refractivity contribution in [3.05, 3.63) is 54.6 Å². The summed E-state index contributed by atoms with van der Waals surface area (Å²) in [6, 6.07) is 12.0. The van der Waals surface area contributed by atoms with Gasteiger partial charge in [-0.15, -0.1) is 6.42 Å². The molecule has 5 rings (SSSR count). The molecule has 238 valence electrons. The van der Waals surface area contributed by atoms with Crippen molar-refractivity contribution in [2.24, 2.45) is 0 Å². The Balaban J connectivity index is 1.44. The first-order chi connectivity index (χ1) is 21.4. The van der Waals surface area contributed by atoms with E-state index in [0.717, 1.165) is 10.8 Å². The van der Waals surface area contributed by atoms with Crippen molar-refractivity contribution >= 4 is 52.2 Å². The fourth-order valence-corrected chi connectivity index (χ4v) is 7.39. The molecule has 1 aliphatic rings. The molecular formula is C30H34FN6O6PS. The maximum atomic E-state index is 16.4. The summed E-state index contributed by atoms with van der Waals surface area (Å²) < 4.78 is 41.5. The van der Waals surface area contributed by atoms with E-state index in [1.54, 1.807) is 46.9 Å². The van der Waals surface area contributed by atoms with Gasteiger partial charge in [0.2, 0.25) is 5.67 Å². The number of terminal acetylenes is 1. The monoisotopic (exact) mass is 656 g/mol. The van der Waals surface area contributed by atoms with Gasteiger partial charge < -0.3 is 28.9 Å². The number of ether oxygens (including phenoxy) is 2. The third-order valence-electron chi connectivity index (χ3n) is 7.12. The van der Waals surface area contributed by atoms with Gasteiger partial charge in [0.25, 0.3) is 0 Å². The number of aliphatic hydroxyl groups is 1. The van der Waals surface area contributed by atoms with Crippen molar-refractivity contribution in [2.75, 3.05) is 19.0 Å². The second-order valence-electron chi connectivity index (χ2n) is 10.8. The van der Waals surface area contributed by atoms with Crippen LogP contribution in [0.1, 0.15) is 32.8 Å². The van der Waals surface area contributed by atoms with Crippen LogP contribution in [-0.2, 0) is 30.6 Å². The molecule has 1 aliphatic heterocycles. The van der Waals surface area contributed by atoms with Gasteiger partial charge in [-0.2, -0.15) is 0 Å². The first-order valence-electron chi connectivity index (χ1n) is 14.2. The topological polar surface area (TPSA) is 142 Å². The van der Waals surface area contributed by atoms with E-state index in [9.17, 15) is 9.90 Å². The standard InChI is InChI=1S/C30H34FN6O6PS/c1-7-30(31)25(38)23(42-29(30)37-16-33-24-26(32-6)34-19(5)35-27(24)37)15-40-44(45,36-18(4)28(39)41-17(2)3)43-22-14-10-12-20-11-8-9-13-21(20)22/h1,8-14,16-18,23,25,29,38H,15H2,2-6H3,(H,36,45)(H,32,34,35)/t18-,23+,25+,29+,30+,44-/m0/s1. The molecule has 3 heterocycles. The minimum Gasteiger partial charge on any atom is -0.462 e. The normalized spacial score (nSPS) is 23.5. The number of hydrogen-bond acceptors (Lipinski definition) is 11. The average molecular weight is 657 g/mol. The van der Waals surface area contributed by atoms with E-state index in [2.05, 4.69) is 31.3 Å². The van der Waals surface area contributed by atoms with Gasteiger partial charge in [-0.25, -0.2) is 24.4 Å². The van der Waals surface area contributed by atoms with Gasteiger partial charge in [-0.3, -0.25) is 9.36 Å². The highest BCUT2D eigenvalue weighted by Crippen LogP contribution is 2.49. The zero-order valence-electron chi connectivity index (χ0n) is 25.3. The lowest BCUT2D eigenvalue weighted by molar-refractivity contribution is -0.149. The number of esters is 1. The number of anilines is 1. The summed E-state index contributed by atoms with van der Waals surface area (Å²) >= 11 is 5.87. The van der Waals surface area contributed by atoms with Crippen molar-refractivity contribution in [3.8, 4) is 18.1 Å². The molecular weight excluding hydrogens is 622 g/mol. The number of carbonyl (C=O) groups excluding carboxylic acids is 1. The molecule has 2 aromatic carbocycles. The van der Waals surface area contributed by atoms with Gasteiger partial charge in [-0.1, -0.05) is 42.3 Å². The molecule has 4 aromatic rings. The number of aliphatic hydroxyl groups excluding tert-OH is 1. The Morgan fingerprint density at radius 2 is 2.00 bits per heavy atom. The van der Waals surface area contributed by atoms with Gasteiger partial charge in [0.15, 0.2) is 23.2 Å². The fraction of sp³-hybridized carbons (Fsp3) is 0.400. The number of imidazole rings is 1. The lowest BCUT2D eigenvalue weighted by Crippen LogP contribution is -2.42. The Morgan fingerprint density at radius 1 is 1.27 bits per heavy atom. The number of hydrogen-bond donors (Lipinski definition) is 3. The minimum absolute atomic E-state index is 0.256. The molecule has 0 spiro atoms. The van der Waals surface area contributed by atoms with E-state index in [-0.39, 0.29) is 11.8 Å². The zero-order valence-corrected chi connectivity index (χ0v) is 27.0. The first-order valence-corrected chi connectivity index (χ1v) is 16.8. The number of benzene rings is 2. The molecule has 0 saturated carbocycles. The lowest BCUT2D eigenvalue weighted by Gasteiger charge is -2.28. The largest absolute Gasteiger partial charge is 0.462 e. The molecule has 15 heteroatoms. The number of carbonyl (C=O) groups is 1. The Labute approximate surface area is 264 Å². The van der Waals surface area contributed by atoms with Crippen molar-refractivity contribution in [1.82, 2.24) is 24.6 Å². The summed E-state index contributed by atoms with van der Waals surface area (Å²) in [5.74, 6) is 2.73. The van der Waals surface area contributed by atoms with Crippen molar-refractivity contribution in [1.29, 1.82) is 0 Å². The predicted molar refractivity (Wildman–Crippen MR) is 171 cm³/mol. The van der Waals surface area contributed by atoms with Crippen LogP contribution < -0.4 is 14.9 Å². The van der Waals surface area contributed by atoms with Crippen molar-refractivity contribution in [3.63, 3.8) is 0 Å². The molecule has 0 unspecified atom stereocenters. The number of nitrogens with zero attached hydrogens (tertiary/aromatic N) is 4. The molecule has 12 nitrogen and oxygen atoms in total. The van der Waals surface area contributed by atoms with Crippen molar-refractivity contribution in [2.45, 2.75) is 63.9 Å². The Morgan fingerprint density at radius 3 is 2.71 bits per heavy atom. The number of rotatable bonds is 11. The van der Waals surface area contributed by atoms with Crippen LogP contribution in [0.5, 0.6) is 5.75 Å². The van der Waals surface area contributed by atoms with Gasteiger partial charge >= 0.3 is 12.6 Å². The van der Waals surface area contributed by atoms with Gasteiger partial charge in [0.05, 0.1) is 19.0 Å². The van der Waals surface area contributed by atoms with E-state index >= 15 is 4.39 Å². The van der Waals surface area contributed by atoms with E-state index in [1.807, 2.05) is 30.3 Å². The molecule has 0 amide bonds. The SMILES string of the molecule is C#C[C@@]1(F)[C@H](O)[C@@H](CO[P@@](=S)(N[C@@H](C)C(=O)OC(C)C)Oc2cccc3ccccc23)O[C@H]1n1cnc2c(NC)nc(C)nc21. The van der Waals surface area contributed by atoms with Crippen LogP contribution in [-0.4, -0.2) is 74.3 Å². The molecule has 2 aromatic heterocycles. The van der Waals surface area contributed by atoms with E-state index in [1.165, 1.54) is 10.9 Å². The minimum atomic E-state index is -3.60. The summed E-state index contributed by atoms with van der Waals surface area (Å²) in [4.78, 5) is 25.7. The molecule has 0 aliphatic carbocycles. The molecule has 3 N–H and O–H groups in total. The van der Waals surface area contributed by atoms with Crippen LogP contribution in [0.25, 0.3) is 21.9 Å². The van der Waals surface area contributed by atoms with Crippen LogP contribution in [0.2, 0.25) is 0 Å². The zero-order chi connectivity index (χ0) is 32.5. The highest BCUT2D eigenvalue weighted by atomic mass is 32.5. The van der Waals surface area contributed by atoms with E-state index in [4.69, 9.17) is 36.8 Å². The predicted octanol–water partition coefficient (Wildman–Crippen LogP) is 4.18. The summed E-state index contributed by atoms with van der Waals surface area (Å²) in [7, 11) is 1.67. The number of alkyl halides is 1. The van der Waals surface area contributed by atoms with Crippen LogP contribution in [0.3, 0.4) is 0 Å². The Bertz CT molecular complexity index is 1810. The quantitative estimate of drug-likeness (QED) is 0.121.